The lowest BCUT2D eigenvalue weighted by Gasteiger charge is -2.27. The third-order valence-electron chi connectivity index (χ3n) is 5.20. The molecule has 0 spiro atoms. The number of hydrogen-bond acceptors (Lipinski definition) is 8. The van der Waals surface area contributed by atoms with Gasteiger partial charge in [0.15, 0.2) is 6.23 Å². The van der Waals surface area contributed by atoms with Crippen LogP contribution < -0.4 is 20.6 Å². The van der Waals surface area contributed by atoms with Crippen LogP contribution in [0.25, 0.3) is 0 Å². The molecule has 1 saturated heterocycles. The van der Waals surface area contributed by atoms with E-state index in [0.717, 1.165) is 16.8 Å². The highest BCUT2D eigenvalue weighted by Gasteiger charge is 2.56. The molecule has 0 bridgehead atoms. The summed E-state index contributed by atoms with van der Waals surface area (Å²) in [7, 11) is 1.93. The van der Waals surface area contributed by atoms with E-state index in [1.54, 1.807) is 18.2 Å². The maximum absolute atomic E-state index is 14.9. The van der Waals surface area contributed by atoms with E-state index in [0.29, 0.717) is 17.9 Å². The van der Waals surface area contributed by atoms with Crippen molar-refractivity contribution in [1.82, 2.24) is 9.55 Å². The van der Waals surface area contributed by atoms with Crippen LogP contribution in [-0.4, -0.2) is 68.4 Å². The maximum atomic E-state index is 14.9. The second-order valence-electron chi connectivity index (χ2n) is 7.24. The summed E-state index contributed by atoms with van der Waals surface area (Å²) in [6.07, 6.45) is -3.08. The van der Waals surface area contributed by atoms with Crippen LogP contribution in [0.15, 0.2) is 35.3 Å². The average Bonchev–Trinajstić information content (AvgIpc) is 2.97. The van der Waals surface area contributed by atoms with Crippen LogP contribution in [0.1, 0.15) is 16.6 Å². The van der Waals surface area contributed by atoms with Crippen LogP contribution in [0.5, 0.6) is 5.75 Å². The quantitative estimate of drug-likeness (QED) is 0.378. The van der Waals surface area contributed by atoms with Crippen LogP contribution in [0, 0.1) is 0 Å². The van der Waals surface area contributed by atoms with Crippen LogP contribution in [-0.2, 0) is 4.74 Å². The van der Waals surface area contributed by atoms with Crippen molar-refractivity contribution >= 4 is 40.0 Å². The highest BCUT2D eigenvalue weighted by Crippen LogP contribution is 2.45. The molecule has 3 N–H and O–H groups in total. The first kappa shape index (κ1) is 21.9. The number of alkyl halides is 2. The van der Waals surface area contributed by atoms with Crippen LogP contribution in [0.4, 0.5) is 15.9 Å². The number of fused-ring (bicyclic) bond motifs is 1. The summed E-state index contributed by atoms with van der Waals surface area (Å²) >= 11 is 1.34. The van der Waals surface area contributed by atoms with E-state index in [1.165, 1.54) is 34.9 Å². The first-order valence-corrected chi connectivity index (χ1v) is 10.5. The summed E-state index contributed by atoms with van der Waals surface area (Å²) in [6, 6.07) is 6.34. The number of carbonyl (C=O) groups is 1. The van der Waals surface area contributed by atoms with Gasteiger partial charge in [-0.2, -0.15) is 4.98 Å². The Morgan fingerprint density at radius 1 is 1.45 bits per heavy atom. The summed E-state index contributed by atoms with van der Waals surface area (Å²) in [4.78, 5) is 30.8. The normalized spacial score (nSPS) is 27.5. The fraction of sp³-hybridized carbons (Fsp3) is 0.421. The van der Waals surface area contributed by atoms with E-state index in [2.05, 4.69) is 10.3 Å². The molecule has 2 aromatic rings. The summed E-state index contributed by atoms with van der Waals surface area (Å²) in [5, 5.41) is 21.7. The van der Waals surface area contributed by atoms with Gasteiger partial charge in [0, 0.05) is 18.8 Å². The van der Waals surface area contributed by atoms with E-state index in [4.69, 9.17) is 9.47 Å². The highest BCUT2D eigenvalue weighted by atomic mass is 127. The Morgan fingerprint density at radius 3 is 2.90 bits per heavy atom. The minimum absolute atomic E-state index is 0.0304. The average molecular weight is 546 g/mol. The molecule has 0 saturated carbocycles. The van der Waals surface area contributed by atoms with Gasteiger partial charge in [-0.25, -0.2) is 9.18 Å². The second kappa shape index (κ2) is 8.33. The van der Waals surface area contributed by atoms with E-state index in [-0.39, 0.29) is 5.82 Å². The molecule has 10 nitrogen and oxygen atoms in total. The fourth-order valence-corrected chi connectivity index (χ4v) is 4.32. The van der Waals surface area contributed by atoms with E-state index < -0.39 is 40.3 Å². The monoisotopic (exact) mass is 546 g/mol. The first-order valence-electron chi connectivity index (χ1n) is 9.43. The Labute approximate surface area is 189 Å². The molecule has 4 rings (SSSR count). The van der Waals surface area contributed by atoms with Crippen LogP contribution in [0.3, 0.4) is 0 Å². The van der Waals surface area contributed by atoms with Crippen molar-refractivity contribution in [2.75, 3.05) is 37.0 Å². The molecular weight excluding hydrogens is 526 g/mol. The van der Waals surface area contributed by atoms with Gasteiger partial charge in [-0.15, -0.1) is 0 Å². The van der Waals surface area contributed by atoms with Gasteiger partial charge in [-0.3, -0.25) is 9.36 Å². The number of likely N-dealkylation sites (N-methyl/N-ethyl adjacent to an activating group) is 1. The SMILES string of the molecule is CN1CCOc2cc(C(=O)Nc3ccn(C4O[C@H](CO)[C@@H](O)C4(F)I)c(=O)n3)ccc21. The van der Waals surface area contributed by atoms with Crippen molar-refractivity contribution in [3.63, 3.8) is 0 Å². The Morgan fingerprint density at radius 2 is 2.23 bits per heavy atom. The summed E-state index contributed by atoms with van der Waals surface area (Å²) in [5.74, 6) is 0.0598. The number of nitrogens with one attached hydrogen (secondary N) is 1. The third kappa shape index (κ3) is 4.00. The van der Waals surface area contributed by atoms with Crippen molar-refractivity contribution in [2.24, 2.45) is 0 Å². The molecule has 1 aromatic heterocycles. The van der Waals surface area contributed by atoms with Crippen molar-refractivity contribution in [3.05, 3.63) is 46.5 Å². The zero-order valence-corrected chi connectivity index (χ0v) is 18.5. The molecule has 0 aliphatic carbocycles. The number of ether oxygens (including phenoxy) is 2. The van der Waals surface area contributed by atoms with Gasteiger partial charge >= 0.3 is 5.69 Å². The Kier molecular flexibility index (Phi) is 5.89. The molecule has 166 valence electrons. The molecule has 1 fully saturated rings. The van der Waals surface area contributed by atoms with Crippen molar-refractivity contribution in [3.8, 4) is 5.75 Å². The summed E-state index contributed by atoms with van der Waals surface area (Å²) < 4.78 is 24.3. The van der Waals surface area contributed by atoms with Gasteiger partial charge in [0.1, 0.15) is 30.4 Å². The number of hydrogen-bond donors (Lipinski definition) is 3. The Bertz CT molecular complexity index is 1060. The van der Waals surface area contributed by atoms with Crippen LogP contribution in [0.2, 0.25) is 0 Å². The van der Waals surface area contributed by atoms with Crippen molar-refractivity contribution in [2.45, 2.75) is 22.1 Å². The number of nitrogens with zero attached hydrogens (tertiary/aromatic N) is 3. The maximum Gasteiger partial charge on any atom is 0.351 e. The van der Waals surface area contributed by atoms with Gasteiger partial charge in [-0.05, 0) is 46.9 Å². The smallest absolute Gasteiger partial charge is 0.351 e. The van der Waals surface area contributed by atoms with E-state index in [9.17, 15) is 24.2 Å². The number of carbonyl (C=O) groups excluding carboxylic acids is 1. The number of benzene rings is 1. The van der Waals surface area contributed by atoms with E-state index in [1.807, 2.05) is 11.9 Å². The Hall–Kier alpha value is -2.29. The van der Waals surface area contributed by atoms with Gasteiger partial charge < -0.3 is 29.9 Å². The molecule has 4 atom stereocenters. The molecule has 2 unspecified atom stereocenters. The fourth-order valence-electron chi connectivity index (χ4n) is 3.47. The molecular formula is C19H20FIN4O6. The number of rotatable bonds is 4. The van der Waals surface area contributed by atoms with E-state index >= 15 is 0 Å². The lowest BCUT2D eigenvalue weighted by Crippen LogP contribution is -2.40. The highest BCUT2D eigenvalue weighted by molar-refractivity contribution is 14.1. The van der Waals surface area contributed by atoms with Gasteiger partial charge in [0.05, 0.1) is 18.8 Å². The minimum atomic E-state index is -2.35. The number of anilines is 2. The summed E-state index contributed by atoms with van der Waals surface area (Å²) in [5.41, 5.74) is 0.308. The molecule has 2 aliphatic rings. The molecule has 0 radical (unpaired) electrons. The Balaban J connectivity index is 1.53. The predicted octanol–water partition coefficient (Wildman–Crippen LogP) is 0.676. The molecule has 1 aromatic carbocycles. The first-order chi connectivity index (χ1) is 14.7. The lowest BCUT2D eigenvalue weighted by molar-refractivity contribution is -0.0499. The molecule has 12 heteroatoms. The number of aliphatic hydroxyl groups is 2. The largest absolute Gasteiger partial charge is 0.490 e. The third-order valence-corrected chi connectivity index (χ3v) is 6.37. The summed E-state index contributed by atoms with van der Waals surface area (Å²) in [6.45, 7) is 0.649. The number of halogens is 2. The number of aromatic nitrogens is 2. The van der Waals surface area contributed by atoms with Gasteiger partial charge in [0.25, 0.3) is 5.91 Å². The number of amides is 1. The minimum Gasteiger partial charge on any atom is -0.490 e. The zero-order chi connectivity index (χ0) is 22.3. The molecule has 31 heavy (non-hydrogen) atoms. The topological polar surface area (TPSA) is 126 Å². The lowest BCUT2D eigenvalue weighted by atomic mass is 10.1. The molecule has 1 amide bonds. The number of aliphatic hydroxyl groups excluding tert-OH is 2. The second-order valence-corrected chi connectivity index (χ2v) is 8.89. The standard InChI is InChI=1S/C19H20FIN4O6/c1-24-6-7-30-12-8-10(2-3-11(12)24)16(28)22-14-4-5-25(18(29)23-14)17-19(20,21)15(27)13(9-26)31-17/h2-5,8,13,15,17,26-27H,6-7,9H2,1H3,(H,22,23,28,29)/t13-,15-,17?,19?/m1/s1. The van der Waals surface area contributed by atoms with Gasteiger partial charge in [-0.1, -0.05) is 0 Å². The van der Waals surface area contributed by atoms with Gasteiger partial charge in [0.2, 0.25) is 3.68 Å². The zero-order valence-electron chi connectivity index (χ0n) is 16.4. The molecule has 3 heterocycles. The van der Waals surface area contributed by atoms with Crippen LogP contribution >= 0.6 is 22.6 Å². The predicted molar refractivity (Wildman–Crippen MR) is 117 cm³/mol. The van der Waals surface area contributed by atoms with Crippen molar-refractivity contribution < 1.29 is 28.9 Å². The molecule has 2 aliphatic heterocycles. The van der Waals surface area contributed by atoms with Crippen molar-refractivity contribution in [1.29, 1.82) is 0 Å².